The molecule has 0 aliphatic rings. The monoisotopic (exact) mass is 706 g/mol. The third kappa shape index (κ3) is 11.1. The smallest absolute Gasteiger partial charge is 0.262 e. The molecule has 2 aromatic heterocycles. The van der Waals surface area contributed by atoms with Crippen LogP contribution in [-0.2, 0) is 60.1 Å². The van der Waals surface area contributed by atoms with E-state index in [4.69, 9.17) is 14.6 Å². The van der Waals surface area contributed by atoms with Gasteiger partial charge in [0.1, 0.15) is 11.5 Å². The van der Waals surface area contributed by atoms with E-state index in [1.54, 1.807) is 80.3 Å². The highest BCUT2D eigenvalue weighted by molar-refractivity contribution is 7.89. The topological polar surface area (TPSA) is 192 Å². The van der Waals surface area contributed by atoms with E-state index in [2.05, 4.69) is 10.2 Å². The highest BCUT2D eigenvalue weighted by atomic mass is 32.2. The lowest BCUT2D eigenvalue weighted by Crippen LogP contribution is -2.30. The van der Waals surface area contributed by atoms with Crippen LogP contribution in [0.3, 0.4) is 0 Å². The van der Waals surface area contributed by atoms with Crippen molar-refractivity contribution in [2.75, 3.05) is 14.2 Å². The Hall–Kier alpha value is -3.80. The van der Waals surface area contributed by atoms with Crippen molar-refractivity contribution in [3.05, 3.63) is 83.2 Å². The first-order chi connectivity index (χ1) is 22.1. The maximum Gasteiger partial charge on any atom is 0.262 e. The van der Waals surface area contributed by atoms with Crippen LogP contribution in [0.4, 0.5) is 0 Å². The van der Waals surface area contributed by atoms with Crippen molar-refractivity contribution < 1.29 is 36.5 Å². The van der Waals surface area contributed by atoms with E-state index < -0.39 is 31.2 Å². The van der Waals surface area contributed by atoms with Gasteiger partial charge in [0.2, 0.25) is 0 Å². The van der Waals surface area contributed by atoms with Crippen molar-refractivity contribution in [3.8, 4) is 11.5 Å². The summed E-state index contributed by atoms with van der Waals surface area (Å²) in [5, 5.41) is 32.5. The molecule has 4 rings (SSSR count). The Labute approximate surface area is 282 Å². The molecule has 4 aromatic rings. The maximum absolute atomic E-state index is 13.7. The average Bonchev–Trinajstić information content (AvgIpc) is 3.53. The van der Waals surface area contributed by atoms with Crippen LogP contribution in [0, 0.1) is 0 Å². The number of sulfonamides is 2. The first-order valence-electron chi connectivity index (χ1n) is 14.9. The molecular weight excluding hydrogens is 661 g/mol. The average molecular weight is 707 g/mol. The fraction of sp³-hybridized carbons (Fsp3) is 0.438. The largest absolute Gasteiger partial charge is 0.497 e. The van der Waals surface area contributed by atoms with Crippen LogP contribution in [0.1, 0.15) is 50.2 Å². The van der Waals surface area contributed by atoms with Gasteiger partial charge in [-0.2, -0.15) is 14.5 Å². The number of rotatable bonds is 13. The fourth-order valence-corrected chi connectivity index (χ4v) is 6.61. The van der Waals surface area contributed by atoms with E-state index in [1.165, 1.54) is 25.8 Å². The number of ether oxygens (including phenoxy) is 2. The molecule has 0 saturated carbocycles. The normalized spacial score (nSPS) is 12.5. The Morgan fingerprint density at radius 3 is 1.38 bits per heavy atom. The molecule has 0 atom stereocenters. The fourth-order valence-electron chi connectivity index (χ4n) is 4.66. The SMILES string of the molecule is COc1ccc(CN(Cc2ccc(OC)cc2)S(=O)(=O)c2cc(CC(C)(C)O)n(C)n2)cc1.Cn1nc(S(N)(=O)=O)cc1CC(C)(C)O. The summed E-state index contributed by atoms with van der Waals surface area (Å²) in [5.41, 5.74) is 0.993. The lowest BCUT2D eigenvalue weighted by Gasteiger charge is -2.21. The molecular formula is C32H46N6O8S2. The van der Waals surface area contributed by atoms with E-state index >= 15 is 0 Å². The zero-order valence-electron chi connectivity index (χ0n) is 28.6. The van der Waals surface area contributed by atoms with Gasteiger partial charge in [-0.1, -0.05) is 24.3 Å². The number of nitrogens with zero attached hydrogens (tertiary/aromatic N) is 5. The van der Waals surface area contributed by atoms with Crippen molar-refractivity contribution in [3.63, 3.8) is 0 Å². The lowest BCUT2D eigenvalue weighted by atomic mass is 10.0. The Morgan fingerprint density at radius 2 is 1.06 bits per heavy atom. The van der Waals surface area contributed by atoms with Gasteiger partial charge >= 0.3 is 0 Å². The van der Waals surface area contributed by atoms with E-state index in [-0.39, 0.29) is 29.6 Å². The number of hydrogen-bond acceptors (Lipinski definition) is 10. The quantitative estimate of drug-likeness (QED) is 0.186. The molecule has 2 aromatic carbocycles. The predicted octanol–water partition coefficient (Wildman–Crippen LogP) is 2.52. The Morgan fingerprint density at radius 1 is 0.708 bits per heavy atom. The number of aromatic nitrogens is 4. The summed E-state index contributed by atoms with van der Waals surface area (Å²) in [4.78, 5) is 0. The number of hydrogen-bond donors (Lipinski definition) is 3. The van der Waals surface area contributed by atoms with Crippen LogP contribution >= 0.6 is 0 Å². The minimum absolute atomic E-state index is 0.0497. The third-order valence-corrected chi connectivity index (χ3v) is 9.52. The Balaban J connectivity index is 0.000000348. The highest BCUT2D eigenvalue weighted by Crippen LogP contribution is 2.24. The summed E-state index contributed by atoms with van der Waals surface area (Å²) in [6.07, 6.45) is 0.592. The summed E-state index contributed by atoms with van der Waals surface area (Å²) in [5.74, 6) is 1.40. The number of aryl methyl sites for hydroxylation is 2. The summed E-state index contributed by atoms with van der Waals surface area (Å²) < 4.78 is 64.0. The first-order valence-corrected chi connectivity index (χ1v) is 17.9. The van der Waals surface area contributed by atoms with E-state index in [9.17, 15) is 27.0 Å². The molecule has 0 fully saturated rings. The second kappa shape index (κ2) is 15.2. The standard InChI is InChI=1S/C24H31N3O5S.C8H15N3O3S/c1-24(2,28)15-20-14-23(25-26(20)3)33(29,30)27(16-18-6-10-21(31-4)11-7-18)17-19-8-12-22(32-5)13-9-19;1-8(2,12)5-6-4-7(10-11(6)3)15(9,13)14/h6-14,28H,15-17H2,1-5H3;4,12H,5H2,1-3H3,(H2,9,13,14). The summed E-state index contributed by atoms with van der Waals surface area (Å²) >= 11 is 0. The maximum atomic E-state index is 13.7. The van der Waals surface area contributed by atoms with Crippen LogP contribution in [0.15, 0.2) is 70.7 Å². The second-order valence-corrected chi connectivity index (χ2v) is 16.1. The van der Waals surface area contributed by atoms with Crippen molar-refractivity contribution >= 4 is 20.0 Å². The summed E-state index contributed by atoms with van der Waals surface area (Å²) in [6, 6.07) is 17.5. The zero-order valence-corrected chi connectivity index (χ0v) is 30.2. The van der Waals surface area contributed by atoms with Crippen molar-refractivity contribution in [1.29, 1.82) is 0 Å². The second-order valence-electron chi connectivity index (χ2n) is 12.7. The van der Waals surface area contributed by atoms with Crippen molar-refractivity contribution in [1.82, 2.24) is 23.9 Å². The van der Waals surface area contributed by atoms with Gasteiger partial charge in [0.25, 0.3) is 20.0 Å². The molecule has 48 heavy (non-hydrogen) atoms. The first kappa shape index (κ1) is 38.6. The molecule has 0 saturated heterocycles. The van der Waals surface area contributed by atoms with Crippen LogP contribution in [0.25, 0.3) is 0 Å². The van der Waals surface area contributed by atoms with Gasteiger partial charge in [0.15, 0.2) is 10.1 Å². The molecule has 14 nitrogen and oxygen atoms in total. The van der Waals surface area contributed by atoms with Gasteiger partial charge in [-0.15, -0.1) is 0 Å². The molecule has 264 valence electrons. The number of nitrogens with two attached hydrogens (primary N) is 1. The van der Waals surface area contributed by atoms with Crippen LogP contribution in [-0.4, -0.2) is 76.3 Å². The molecule has 0 aliphatic carbocycles. The highest BCUT2D eigenvalue weighted by Gasteiger charge is 2.30. The lowest BCUT2D eigenvalue weighted by molar-refractivity contribution is 0.0782. The molecule has 0 unspecified atom stereocenters. The number of methoxy groups -OCH3 is 2. The van der Waals surface area contributed by atoms with Crippen molar-refractivity contribution in [2.24, 2.45) is 19.2 Å². The zero-order chi connectivity index (χ0) is 36.1. The Kier molecular flexibility index (Phi) is 12.2. The minimum atomic E-state index is -3.93. The molecule has 0 radical (unpaired) electrons. The molecule has 0 bridgehead atoms. The van der Waals surface area contributed by atoms with E-state index in [0.717, 1.165) is 11.1 Å². The summed E-state index contributed by atoms with van der Waals surface area (Å²) in [6.45, 7) is 6.94. The van der Waals surface area contributed by atoms with Crippen LogP contribution < -0.4 is 14.6 Å². The molecule has 16 heteroatoms. The van der Waals surface area contributed by atoms with Crippen molar-refractivity contribution in [2.45, 2.75) is 74.9 Å². The predicted molar refractivity (Wildman–Crippen MR) is 180 cm³/mol. The molecule has 0 spiro atoms. The van der Waals surface area contributed by atoms with E-state index in [1.807, 2.05) is 24.3 Å². The van der Waals surface area contributed by atoms with Gasteiger partial charge in [0.05, 0.1) is 25.4 Å². The number of aliphatic hydroxyl groups is 2. The third-order valence-electron chi connectivity index (χ3n) is 7.07. The number of benzene rings is 2. The molecule has 2 heterocycles. The van der Waals surface area contributed by atoms with Gasteiger partial charge in [0, 0.05) is 51.4 Å². The van der Waals surface area contributed by atoms with Crippen LogP contribution in [0.5, 0.6) is 11.5 Å². The van der Waals surface area contributed by atoms with Crippen LogP contribution in [0.2, 0.25) is 0 Å². The molecule has 0 amide bonds. The van der Waals surface area contributed by atoms with Gasteiger partial charge in [-0.3, -0.25) is 9.36 Å². The van der Waals surface area contributed by atoms with Gasteiger partial charge in [-0.05, 0) is 75.2 Å². The van der Waals surface area contributed by atoms with Gasteiger partial charge in [-0.25, -0.2) is 22.0 Å². The Bertz CT molecular complexity index is 1820. The molecule has 0 aliphatic heterocycles. The molecule has 4 N–H and O–H groups in total. The van der Waals surface area contributed by atoms with Gasteiger partial charge < -0.3 is 19.7 Å². The van der Waals surface area contributed by atoms with E-state index in [0.29, 0.717) is 29.3 Å². The summed E-state index contributed by atoms with van der Waals surface area (Å²) in [7, 11) is -1.25. The number of primary sulfonamides is 1. The minimum Gasteiger partial charge on any atom is -0.497 e.